The zero-order chi connectivity index (χ0) is 20.0. The lowest BCUT2D eigenvalue weighted by atomic mass is 9.89. The van der Waals surface area contributed by atoms with Gasteiger partial charge in [0.25, 0.3) is 5.91 Å². The van der Waals surface area contributed by atoms with E-state index in [1.807, 2.05) is 36.1 Å². The Hall–Kier alpha value is -3.06. The molecule has 1 amide bonds. The summed E-state index contributed by atoms with van der Waals surface area (Å²) in [6.07, 6.45) is 0. The van der Waals surface area contributed by atoms with Crippen LogP contribution in [0.4, 0.5) is 0 Å². The van der Waals surface area contributed by atoms with Crippen molar-refractivity contribution in [2.45, 2.75) is 13.0 Å². The van der Waals surface area contributed by atoms with E-state index in [0.717, 1.165) is 36.7 Å². The molecule has 2 aliphatic heterocycles. The fourth-order valence-electron chi connectivity index (χ4n) is 4.64. The van der Waals surface area contributed by atoms with Gasteiger partial charge in [-0.15, -0.1) is 0 Å². The number of H-pyrrole nitrogens is 1. The smallest absolute Gasteiger partial charge is 0.274 e. The first kappa shape index (κ1) is 18.0. The van der Waals surface area contributed by atoms with Crippen LogP contribution in [0.2, 0.25) is 0 Å². The maximum atomic E-state index is 13.4. The molecular weight excluding hydrogens is 368 g/mol. The Labute approximate surface area is 169 Å². The Kier molecular flexibility index (Phi) is 4.39. The fraction of sp³-hybridized carbons (Fsp3) is 0.364. The van der Waals surface area contributed by atoms with Crippen molar-refractivity contribution in [2.24, 2.45) is 11.8 Å². The van der Waals surface area contributed by atoms with Crippen LogP contribution in [-0.2, 0) is 0 Å². The summed E-state index contributed by atoms with van der Waals surface area (Å²) in [5.74, 6) is 3.13. The summed E-state index contributed by atoms with van der Waals surface area (Å²) in [5, 5.41) is 10.7. The Balaban J connectivity index is 1.45. The van der Waals surface area contributed by atoms with Crippen LogP contribution in [0.1, 0.15) is 27.9 Å². The first-order chi connectivity index (χ1) is 14.1. The normalized spacial score (nSPS) is 23.4. The second-order valence-corrected chi connectivity index (χ2v) is 7.83. The molecule has 2 fully saturated rings. The van der Waals surface area contributed by atoms with Gasteiger partial charge in [0.2, 0.25) is 0 Å². The molecule has 3 atom stereocenters. The standard InChI is InChI=1S/C22H24N4O3/c1-13-3-8-20(29-13)18-9-19(25-24-18)22(27)26-12-15-10-23-11-17(15)21(26)14-4-6-16(28-2)7-5-14/h3-9,15,17,21,23H,10-12H2,1-2H3,(H,24,25)/t15-,17-,21-/m0/s1. The number of nitrogens with zero attached hydrogens (tertiary/aromatic N) is 2. The molecule has 7 heteroatoms. The Bertz CT molecular complexity index is 1020. The number of carbonyl (C=O) groups excluding carboxylic acids is 1. The molecule has 29 heavy (non-hydrogen) atoms. The predicted molar refractivity (Wildman–Crippen MR) is 108 cm³/mol. The van der Waals surface area contributed by atoms with Crippen molar-refractivity contribution in [2.75, 3.05) is 26.7 Å². The minimum Gasteiger partial charge on any atom is -0.497 e. The van der Waals surface area contributed by atoms with E-state index >= 15 is 0 Å². The van der Waals surface area contributed by atoms with E-state index in [9.17, 15) is 4.79 Å². The average molecular weight is 392 g/mol. The number of methoxy groups -OCH3 is 1. The molecule has 0 saturated carbocycles. The molecule has 5 rings (SSSR count). The number of hydrogen-bond acceptors (Lipinski definition) is 5. The molecule has 2 N–H and O–H groups in total. The second-order valence-electron chi connectivity index (χ2n) is 7.83. The number of benzene rings is 1. The van der Waals surface area contributed by atoms with Crippen LogP contribution in [0.25, 0.3) is 11.5 Å². The number of furan rings is 1. The molecule has 0 bridgehead atoms. The number of nitrogens with one attached hydrogen (secondary N) is 2. The monoisotopic (exact) mass is 392 g/mol. The van der Waals surface area contributed by atoms with Gasteiger partial charge in [-0.2, -0.15) is 5.10 Å². The second kappa shape index (κ2) is 7.08. The van der Waals surface area contributed by atoms with Crippen molar-refractivity contribution < 1.29 is 13.9 Å². The van der Waals surface area contributed by atoms with E-state index < -0.39 is 0 Å². The zero-order valence-electron chi connectivity index (χ0n) is 16.5. The van der Waals surface area contributed by atoms with Crippen molar-refractivity contribution >= 4 is 5.91 Å². The number of fused-ring (bicyclic) bond motifs is 1. The molecule has 0 radical (unpaired) electrons. The Morgan fingerprint density at radius 3 is 2.76 bits per heavy atom. The summed E-state index contributed by atoms with van der Waals surface area (Å²) in [4.78, 5) is 15.4. The first-order valence-corrected chi connectivity index (χ1v) is 9.92. The third kappa shape index (κ3) is 3.11. The number of ether oxygens (including phenoxy) is 1. The van der Waals surface area contributed by atoms with Crippen molar-refractivity contribution in [3.05, 3.63) is 59.5 Å². The number of likely N-dealkylation sites (tertiary alicyclic amines) is 1. The number of aryl methyl sites for hydroxylation is 1. The third-order valence-corrected chi connectivity index (χ3v) is 6.09. The topological polar surface area (TPSA) is 83.4 Å². The largest absolute Gasteiger partial charge is 0.497 e. The van der Waals surface area contributed by atoms with Gasteiger partial charge in [0, 0.05) is 31.6 Å². The molecule has 2 saturated heterocycles. The number of hydrogen-bond donors (Lipinski definition) is 2. The van der Waals surface area contributed by atoms with Crippen LogP contribution in [0.15, 0.2) is 46.9 Å². The number of aromatic amines is 1. The number of aromatic nitrogens is 2. The molecule has 0 spiro atoms. The van der Waals surface area contributed by atoms with Gasteiger partial charge in [-0.05, 0) is 42.7 Å². The van der Waals surface area contributed by atoms with Crippen LogP contribution in [0.3, 0.4) is 0 Å². The van der Waals surface area contributed by atoms with Crippen LogP contribution in [0, 0.1) is 18.8 Å². The quantitative estimate of drug-likeness (QED) is 0.713. The highest BCUT2D eigenvalue weighted by Gasteiger charge is 2.47. The summed E-state index contributed by atoms with van der Waals surface area (Å²) >= 11 is 0. The van der Waals surface area contributed by atoms with E-state index in [-0.39, 0.29) is 11.9 Å². The van der Waals surface area contributed by atoms with Gasteiger partial charge in [-0.1, -0.05) is 12.1 Å². The SMILES string of the molecule is COc1ccc([C@H]2[C@H]3CNC[C@H]3CN2C(=O)c2cc(-c3ccc(C)o3)[nH]n2)cc1. The molecule has 0 aliphatic carbocycles. The molecule has 3 aromatic rings. The van der Waals surface area contributed by atoms with E-state index in [0.29, 0.717) is 29.0 Å². The van der Waals surface area contributed by atoms with E-state index in [1.54, 1.807) is 13.2 Å². The van der Waals surface area contributed by atoms with Gasteiger partial charge in [0.05, 0.1) is 13.2 Å². The highest BCUT2D eigenvalue weighted by Crippen LogP contribution is 2.43. The first-order valence-electron chi connectivity index (χ1n) is 9.92. The Morgan fingerprint density at radius 2 is 2.03 bits per heavy atom. The molecule has 7 nitrogen and oxygen atoms in total. The van der Waals surface area contributed by atoms with Crippen molar-refractivity contribution in [3.63, 3.8) is 0 Å². The van der Waals surface area contributed by atoms with E-state index in [1.165, 1.54) is 0 Å². The van der Waals surface area contributed by atoms with Gasteiger partial charge < -0.3 is 19.4 Å². The van der Waals surface area contributed by atoms with Gasteiger partial charge in [-0.3, -0.25) is 9.89 Å². The van der Waals surface area contributed by atoms with Gasteiger partial charge >= 0.3 is 0 Å². The number of amides is 1. The summed E-state index contributed by atoms with van der Waals surface area (Å²) in [6, 6.07) is 13.6. The summed E-state index contributed by atoms with van der Waals surface area (Å²) in [5.41, 5.74) is 2.26. The lowest BCUT2D eigenvalue weighted by Gasteiger charge is -2.28. The maximum absolute atomic E-state index is 13.4. The van der Waals surface area contributed by atoms with Crippen molar-refractivity contribution in [1.82, 2.24) is 20.4 Å². The van der Waals surface area contributed by atoms with Gasteiger partial charge in [-0.25, -0.2) is 0 Å². The lowest BCUT2D eigenvalue weighted by Crippen LogP contribution is -2.34. The van der Waals surface area contributed by atoms with Crippen molar-refractivity contribution in [3.8, 4) is 17.2 Å². The summed E-state index contributed by atoms with van der Waals surface area (Å²) in [6.45, 7) is 4.48. The van der Waals surface area contributed by atoms with Crippen LogP contribution >= 0.6 is 0 Å². The molecule has 2 aromatic heterocycles. The van der Waals surface area contributed by atoms with Crippen LogP contribution in [-0.4, -0.2) is 47.7 Å². The van der Waals surface area contributed by atoms with Crippen LogP contribution < -0.4 is 10.1 Å². The molecule has 0 unspecified atom stereocenters. The predicted octanol–water partition coefficient (Wildman–Crippen LogP) is 3.02. The molecular formula is C22H24N4O3. The Morgan fingerprint density at radius 1 is 1.21 bits per heavy atom. The summed E-state index contributed by atoms with van der Waals surface area (Å²) in [7, 11) is 1.66. The number of rotatable bonds is 4. The third-order valence-electron chi connectivity index (χ3n) is 6.09. The average Bonchev–Trinajstić information content (AvgIpc) is 3.50. The minimum absolute atomic E-state index is 0.0272. The fourth-order valence-corrected chi connectivity index (χ4v) is 4.64. The highest BCUT2D eigenvalue weighted by atomic mass is 16.5. The van der Waals surface area contributed by atoms with E-state index in [2.05, 4.69) is 27.6 Å². The maximum Gasteiger partial charge on any atom is 0.274 e. The van der Waals surface area contributed by atoms with Gasteiger partial charge in [0.15, 0.2) is 11.5 Å². The molecule has 4 heterocycles. The van der Waals surface area contributed by atoms with Crippen LogP contribution in [0.5, 0.6) is 5.75 Å². The van der Waals surface area contributed by atoms with Gasteiger partial charge in [0.1, 0.15) is 17.2 Å². The summed E-state index contributed by atoms with van der Waals surface area (Å²) < 4.78 is 10.9. The van der Waals surface area contributed by atoms with E-state index in [4.69, 9.17) is 9.15 Å². The highest BCUT2D eigenvalue weighted by molar-refractivity contribution is 5.93. The molecule has 2 aliphatic rings. The van der Waals surface area contributed by atoms with Crippen molar-refractivity contribution in [1.29, 1.82) is 0 Å². The number of carbonyl (C=O) groups is 1. The molecule has 1 aromatic carbocycles. The lowest BCUT2D eigenvalue weighted by molar-refractivity contribution is 0.0708. The molecule has 150 valence electrons. The zero-order valence-corrected chi connectivity index (χ0v) is 16.5. The minimum atomic E-state index is -0.0500.